The van der Waals surface area contributed by atoms with E-state index in [1.54, 1.807) is 12.3 Å². The van der Waals surface area contributed by atoms with Crippen molar-refractivity contribution in [2.45, 2.75) is 13.3 Å². The third-order valence-corrected chi connectivity index (χ3v) is 3.78. The van der Waals surface area contributed by atoms with Crippen LogP contribution in [0.3, 0.4) is 0 Å². The Labute approximate surface area is 110 Å². The number of hydrogen-bond donors (Lipinski definition) is 1. The maximum atomic E-state index is 11.0. The monoisotopic (exact) mass is 257 g/mol. The number of fused-ring (bicyclic) bond motifs is 1. The van der Waals surface area contributed by atoms with Crippen molar-refractivity contribution in [3.63, 3.8) is 0 Å². The van der Waals surface area contributed by atoms with Crippen molar-refractivity contribution in [1.29, 1.82) is 0 Å². The van der Waals surface area contributed by atoms with Crippen LogP contribution in [-0.4, -0.2) is 16.5 Å². The average Bonchev–Trinajstić information content (AvgIpc) is 3.11. The number of pyridine rings is 1. The van der Waals surface area contributed by atoms with E-state index in [2.05, 4.69) is 17.2 Å². The lowest BCUT2D eigenvalue weighted by atomic mass is 10.1. The first-order valence-electron chi connectivity index (χ1n) is 6.43. The van der Waals surface area contributed by atoms with Gasteiger partial charge >= 0.3 is 0 Å². The molecule has 0 saturated heterocycles. The van der Waals surface area contributed by atoms with Gasteiger partial charge in [0.05, 0.1) is 4.92 Å². The maximum Gasteiger partial charge on any atom is 0.295 e. The highest BCUT2D eigenvalue weighted by Gasteiger charge is 2.32. The van der Waals surface area contributed by atoms with Crippen molar-refractivity contribution in [2.75, 3.05) is 11.9 Å². The normalized spacial score (nSPS) is 21.3. The minimum Gasteiger partial charge on any atom is -0.384 e. The van der Waals surface area contributed by atoms with Crippen molar-refractivity contribution >= 4 is 22.3 Å². The molecule has 0 amide bonds. The molecule has 0 radical (unpaired) electrons. The van der Waals surface area contributed by atoms with E-state index in [1.807, 2.05) is 12.1 Å². The second kappa shape index (κ2) is 4.50. The van der Waals surface area contributed by atoms with Crippen LogP contribution >= 0.6 is 0 Å². The van der Waals surface area contributed by atoms with Crippen LogP contribution in [-0.2, 0) is 0 Å². The summed E-state index contributed by atoms with van der Waals surface area (Å²) in [5.74, 6) is 1.51. The Morgan fingerprint density at radius 2 is 2.26 bits per heavy atom. The number of rotatable bonds is 4. The minimum atomic E-state index is -0.387. The summed E-state index contributed by atoms with van der Waals surface area (Å²) in [6.07, 6.45) is 2.88. The van der Waals surface area contributed by atoms with Gasteiger partial charge in [-0.25, -0.2) is 4.98 Å². The molecule has 0 aliphatic heterocycles. The van der Waals surface area contributed by atoms with Crippen molar-refractivity contribution in [3.05, 3.63) is 40.6 Å². The summed E-state index contributed by atoms with van der Waals surface area (Å²) >= 11 is 0. The number of nitro benzene ring substituents is 1. The predicted octanol–water partition coefficient (Wildman–Crippen LogP) is 3.21. The number of nitrogens with one attached hydrogen (secondary N) is 1. The van der Waals surface area contributed by atoms with Crippen molar-refractivity contribution in [3.8, 4) is 0 Å². The zero-order valence-corrected chi connectivity index (χ0v) is 10.7. The summed E-state index contributed by atoms with van der Waals surface area (Å²) in [6, 6.07) is 6.93. The van der Waals surface area contributed by atoms with Gasteiger partial charge in [-0.3, -0.25) is 10.1 Å². The van der Waals surface area contributed by atoms with E-state index in [-0.39, 0.29) is 10.6 Å². The number of anilines is 1. The van der Waals surface area contributed by atoms with Gasteiger partial charge in [-0.15, -0.1) is 0 Å². The molecular formula is C14H15N3O2. The Morgan fingerprint density at radius 1 is 1.47 bits per heavy atom. The summed E-state index contributed by atoms with van der Waals surface area (Å²) in [6.45, 7) is 3.16. The summed E-state index contributed by atoms with van der Waals surface area (Å²) < 4.78 is 0. The molecule has 1 aromatic heterocycles. The van der Waals surface area contributed by atoms with Crippen LogP contribution in [0.25, 0.3) is 10.9 Å². The van der Waals surface area contributed by atoms with Gasteiger partial charge < -0.3 is 5.32 Å². The van der Waals surface area contributed by atoms with Gasteiger partial charge in [-0.2, -0.15) is 0 Å². The van der Waals surface area contributed by atoms with Crippen LogP contribution < -0.4 is 5.32 Å². The largest absolute Gasteiger partial charge is 0.384 e. The van der Waals surface area contributed by atoms with E-state index in [9.17, 15) is 10.1 Å². The fraction of sp³-hybridized carbons (Fsp3) is 0.357. The molecule has 2 aromatic rings. The van der Waals surface area contributed by atoms with Gasteiger partial charge in [0.2, 0.25) is 0 Å². The topological polar surface area (TPSA) is 68.1 Å². The van der Waals surface area contributed by atoms with Gasteiger partial charge in [-0.1, -0.05) is 19.1 Å². The molecule has 1 N–H and O–H groups in total. The third-order valence-electron chi connectivity index (χ3n) is 3.78. The number of para-hydroxylation sites is 1. The molecule has 2 unspecified atom stereocenters. The standard InChI is InChI=1S/C14H15N3O2/c1-9-7-10(9)8-16-12-5-6-15-14-11(12)3-2-4-13(14)17(18)19/h2-6,9-10H,7-8H2,1H3,(H,15,16). The summed E-state index contributed by atoms with van der Waals surface area (Å²) in [5.41, 5.74) is 1.43. The molecule has 5 heteroatoms. The second-order valence-corrected chi connectivity index (χ2v) is 5.14. The Kier molecular flexibility index (Phi) is 2.81. The summed E-state index contributed by atoms with van der Waals surface area (Å²) in [5, 5.41) is 15.2. The number of hydrogen-bond acceptors (Lipinski definition) is 4. The smallest absolute Gasteiger partial charge is 0.295 e. The Hall–Kier alpha value is -2.17. The molecule has 1 aromatic carbocycles. The van der Waals surface area contributed by atoms with E-state index in [4.69, 9.17) is 0 Å². The highest BCUT2D eigenvalue weighted by molar-refractivity contribution is 5.96. The van der Waals surface area contributed by atoms with Gasteiger partial charge in [0.15, 0.2) is 0 Å². The SMILES string of the molecule is CC1CC1CNc1ccnc2c([N+](=O)[O-])cccc12. The molecule has 5 nitrogen and oxygen atoms in total. The van der Waals surface area contributed by atoms with Crippen molar-refractivity contribution in [1.82, 2.24) is 4.98 Å². The molecule has 0 spiro atoms. The number of nitrogens with zero attached hydrogens (tertiary/aromatic N) is 2. The average molecular weight is 257 g/mol. The molecule has 3 rings (SSSR count). The fourth-order valence-corrected chi connectivity index (χ4v) is 2.39. The van der Waals surface area contributed by atoms with E-state index >= 15 is 0 Å². The molecule has 1 aliphatic rings. The van der Waals surface area contributed by atoms with Gasteiger partial charge in [0.1, 0.15) is 5.52 Å². The molecule has 19 heavy (non-hydrogen) atoms. The molecular weight excluding hydrogens is 242 g/mol. The second-order valence-electron chi connectivity index (χ2n) is 5.14. The molecule has 1 saturated carbocycles. The minimum absolute atomic E-state index is 0.0564. The number of nitro groups is 1. The van der Waals surface area contributed by atoms with Crippen LogP contribution in [0.4, 0.5) is 11.4 Å². The lowest BCUT2D eigenvalue weighted by Gasteiger charge is -2.08. The lowest BCUT2D eigenvalue weighted by Crippen LogP contribution is -2.05. The van der Waals surface area contributed by atoms with Crippen LogP contribution in [0.1, 0.15) is 13.3 Å². The van der Waals surface area contributed by atoms with E-state index in [0.717, 1.165) is 29.5 Å². The van der Waals surface area contributed by atoms with Gasteiger partial charge in [-0.05, 0) is 24.3 Å². The Balaban J connectivity index is 1.96. The maximum absolute atomic E-state index is 11.0. The quantitative estimate of drug-likeness (QED) is 0.674. The Bertz CT molecular complexity index is 642. The van der Waals surface area contributed by atoms with Crippen molar-refractivity contribution in [2.24, 2.45) is 11.8 Å². The zero-order valence-electron chi connectivity index (χ0n) is 10.7. The number of benzene rings is 1. The lowest BCUT2D eigenvalue weighted by molar-refractivity contribution is -0.383. The predicted molar refractivity (Wildman–Crippen MR) is 74.2 cm³/mol. The third kappa shape index (κ3) is 2.23. The highest BCUT2D eigenvalue weighted by atomic mass is 16.6. The first kappa shape index (κ1) is 11.9. The molecule has 2 atom stereocenters. The van der Waals surface area contributed by atoms with Crippen LogP contribution in [0.15, 0.2) is 30.5 Å². The van der Waals surface area contributed by atoms with E-state index < -0.39 is 0 Å². The van der Waals surface area contributed by atoms with Gasteiger partial charge in [0.25, 0.3) is 5.69 Å². The van der Waals surface area contributed by atoms with Gasteiger partial charge in [0, 0.05) is 29.9 Å². The molecule has 1 fully saturated rings. The Morgan fingerprint density at radius 3 is 2.95 bits per heavy atom. The number of aromatic nitrogens is 1. The van der Waals surface area contributed by atoms with E-state index in [1.165, 1.54) is 12.5 Å². The molecule has 1 aliphatic carbocycles. The fourth-order valence-electron chi connectivity index (χ4n) is 2.39. The number of non-ortho nitro benzene ring substituents is 1. The first-order chi connectivity index (χ1) is 9.16. The van der Waals surface area contributed by atoms with Crippen LogP contribution in [0.2, 0.25) is 0 Å². The van der Waals surface area contributed by atoms with Crippen LogP contribution in [0, 0.1) is 22.0 Å². The van der Waals surface area contributed by atoms with E-state index in [0.29, 0.717) is 5.52 Å². The highest BCUT2D eigenvalue weighted by Crippen LogP contribution is 2.38. The molecule has 98 valence electrons. The molecule has 0 bridgehead atoms. The summed E-state index contributed by atoms with van der Waals surface area (Å²) in [4.78, 5) is 14.7. The first-order valence-corrected chi connectivity index (χ1v) is 6.43. The zero-order chi connectivity index (χ0) is 13.4. The summed E-state index contributed by atoms with van der Waals surface area (Å²) in [7, 11) is 0. The molecule has 1 heterocycles. The van der Waals surface area contributed by atoms with Crippen molar-refractivity contribution < 1.29 is 4.92 Å². The van der Waals surface area contributed by atoms with Crippen LogP contribution in [0.5, 0.6) is 0 Å².